The van der Waals surface area contributed by atoms with Crippen LogP contribution in [0.5, 0.6) is 5.75 Å². The standard InChI is InChI=1S/C12H18N2O2/c1-8(2)13-12(15)14-10-7-9(3)5-6-11(10)16-4/h5-8H,1-4H3,(H2,13,14,15). The summed E-state index contributed by atoms with van der Waals surface area (Å²) in [6, 6.07) is 5.53. The molecule has 0 unspecified atom stereocenters. The Morgan fingerprint density at radius 2 is 2.06 bits per heavy atom. The van der Waals surface area contributed by atoms with Crippen molar-refractivity contribution in [2.24, 2.45) is 0 Å². The van der Waals surface area contributed by atoms with E-state index in [0.29, 0.717) is 11.4 Å². The van der Waals surface area contributed by atoms with Gasteiger partial charge in [0, 0.05) is 6.04 Å². The third kappa shape index (κ3) is 3.46. The van der Waals surface area contributed by atoms with Crippen molar-refractivity contribution in [2.45, 2.75) is 26.8 Å². The van der Waals surface area contributed by atoms with E-state index in [-0.39, 0.29) is 12.1 Å². The first-order valence-corrected chi connectivity index (χ1v) is 5.25. The quantitative estimate of drug-likeness (QED) is 0.825. The predicted octanol–water partition coefficient (Wildman–Crippen LogP) is 2.53. The lowest BCUT2D eigenvalue weighted by molar-refractivity contribution is 0.250. The molecule has 0 aliphatic rings. The summed E-state index contributed by atoms with van der Waals surface area (Å²) in [7, 11) is 1.58. The first kappa shape index (κ1) is 12.4. The van der Waals surface area contributed by atoms with E-state index in [1.807, 2.05) is 39.0 Å². The van der Waals surface area contributed by atoms with Crippen LogP contribution >= 0.6 is 0 Å². The van der Waals surface area contributed by atoms with E-state index in [2.05, 4.69) is 10.6 Å². The molecule has 4 heteroatoms. The maximum atomic E-state index is 11.5. The first-order valence-electron chi connectivity index (χ1n) is 5.25. The summed E-state index contributed by atoms with van der Waals surface area (Å²) < 4.78 is 5.16. The zero-order valence-electron chi connectivity index (χ0n) is 10.1. The van der Waals surface area contributed by atoms with Crippen LogP contribution in [0.4, 0.5) is 10.5 Å². The van der Waals surface area contributed by atoms with Gasteiger partial charge in [0.2, 0.25) is 0 Å². The molecule has 0 atom stereocenters. The van der Waals surface area contributed by atoms with Gasteiger partial charge in [0.05, 0.1) is 12.8 Å². The van der Waals surface area contributed by atoms with Crippen molar-refractivity contribution in [3.05, 3.63) is 23.8 Å². The molecule has 0 aliphatic carbocycles. The highest BCUT2D eigenvalue weighted by molar-refractivity contribution is 5.91. The van der Waals surface area contributed by atoms with Crippen molar-refractivity contribution in [3.63, 3.8) is 0 Å². The SMILES string of the molecule is COc1ccc(C)cc1NC(=O)NC(C)C. The normalized spacial score (nSPS) is 10.1. The van der Waals surface area contributed by atoms with Gasteiger partial charge in [-0.1, -0.05) is 6.07 Å². The van der Waals surface area contributed by atoms with Crippen molar-refractivity contribution in [1.82, 2.24) is 5.32 Å². The maximum Gasteiger partial charge on any atom is 0.319 e. The van der Waals surface area contributed by atoms with Gasteiger partial charge in [0.1, 0.15) is 5.75 Å². The van der Waals surface area contributed by atoms with E-state index in [0.717, 1.165) is 5.56 Å². The van der Waals surface area contributed by atoms with Crippen molar-refractivity contribution >= 4 is 11.7 Å². The number of rotatable bonds is 3. The van der Waals surface area contributed by atoms with Crippen LogP contribution in [0.3, 0.4) is 0 Å². The minimum atomic E-state index is -0.223. The Morgan fingerprint density at radius 1 is 1.38 bits per heavy atom. The molecule has 88 valence electrons. The number of aryl methyl sites for hydroxylation is 1. The van der Waals surface area contributed by atoms with Crippen LogP contribution in [0.1, 0.15) is 19.4 Å². The van der Waals surface area contributed by atoms with Crippen molar-refractivity contribution < 1.29 is 9.53 Å². The van der Waals surface area contributed by atoms with Crippen LogP contribution in [0.15, 0.2) is 18.2 Å². The molecule has 0 heterocycles. The molecular formula is C12H18N2O2. The van der Waals surface area contributed by atoms with Gasteiger partial charge in [-0.25, -0.2) is 4.79 Å². The monoisotopic (exact) mass is 222 g/mol. The molecular weight excluding hydrogens is 204 g/mol. The Kier molecular flexibility index (Phi) is 4.17. The summed E-state index contributed by atoms with van der Waals surface area (Å²) in [5.41, 5.74) is 1.75. The van der Waals surface area contributed by atoms with E-state index in [9.17, 15) is 4.79 Å². The third-order valence-electron chi connectivity index (χ3n) is 2.02. The van der Waals surface area contributed by atoms with Crippen molar-refractivity contribution in [2.75, 3.05) is 12.4 Å². The highest BCUT2D eigenvalue weighted by Gasteiger charge is 2.07. The molecule has 2 N–H and O–H groups in total. The Bertz CT molecular complexity index is 375. The van der Waals surface area contributed by atoms with E-state index < -0.39 is 0 Å². The van der Waals surface area contributed by atoms with E-state index in [4.69, 9.17) is 4.74 Å². The fourth-order valence-electron chi connectivity index (χ4n) is 1.34. The topological polar surface area (TPSA) is 50.4 Å². The van der Waals surface area contributed by atoms with Gasteiger partial charge in [-0.3, -0.25) is 0 Å². The molecule has 4 nitrogen and oxygen atoms in total. The largest absolute Gasteiger partial charge is 0.495 e. The highest BCUT2D eigenvalue weighted by Crippen LogP contribution is 2.24. The number of amides is 2. The Labute approximate surface area is 96.0 Å². The molecule has 0 aromatic heterocycles. The van der Waals surface area contributed by atoms with Crippen molar-refractivity contribution in [1.29, 1.82) is 0 Å². The smallest absolute Gasteiger partial charge is 0.319 e. The summed E-state index contributed by atoms with van der Waals surface area (Å²) >= 11 is 0. The van der Waals surface area contributed by atoms with Gasteiger partial charge in [-0.2, -0.15) is 0 Å². The van der Waals surface area contributed by atoms with Crippen LogP contribution in [0.25, 0.3) is 0 Å². The van der Waals surface area contributed by atoms with Gasteiger partial charge in [-0.05, 0) is 38.5 Å². The van der Waals surface area contributed by atoms with Gasteiger partial charge >= 0.3 is 6.03 Å². The number of nitrogens with one attached hydrogen (secondary N) is 2. The molecule has 0 spiro atoms. The second-order valence-corrected chi connectivity index (χ2v) is 3.96. The highest BCUT2D eigenvalue weighted by atomic mass is 16.5. The Balaban J connectivity index is 2.79. The lowest BCUT2D eigenvalue weighted by Crippen LogP contribution is -2.34. The van der Waals surface area contributed by atoms with Crippen LogP contribution < -0.4 is 15.4 Å². The zero-order valence-corrected chi connectivity index (χ0v) is 10.1. The van der Waals surface area contributed by atoms with Gasteiger partial charge in [-0.15, -0.1) is 0 Å². The molecule has 0 saturated heterocycles. The number of urea groups is 1. The number of carbonyl (C=O) groups is 1. The zero-order chi connectivity index (χ0) is 12.1. The second kappa shape index (κ2) is 5.39. The maximum absolute atomic E-state index is 11.5. The number of benzene rings is 1. The Morgan fingerprint density at radius 3 is 2.62 bits per heavy atom. The molecule has 1 aromatic carbocycles. The van der Waals surface area contributed by atoms with Crippen LogP contribution in [0, 0.1) is 6.92 Å². The molecule has 1 aromatic rings. The fourth-order valence-corrected chi connectivity index (χ4v) is 1.34. The molecule has 0 bridgehead atoms. The van der Waals surface area contributed by atoms with Crippen molar-refractivity contribution in [3.8, 4) is 5.75 Å². The predicted molar refractivity (Wildman–Crippen MR) is 65.0 cm³/mol. The summed E-state index contributed by atoms with van der Waals surface area (Å²) in [5.74, 6) is 0.657. The summed E-state index contributed by atoms with van der Waals surface area (Å²) in [5, 5.41) is 5.51. The average molecular weight is 222 g/mol. The lowest BCUT2D eigenvalue weighted by atomic mass is 10.2. The van der Waals surface area contributed by atoms with Crippen LogP contribution in [-0.2, 0) is 0 Å². The Hall–Kier alpha value is -1.71. The van der Waals surface area contributed by atoms with Gasteiger partial charge < -0.3 is 15.4 Å². The molecule has 2 amide bonds. The molecule has 0 aliphatic heterocycles. The number of carbonyl (C=O) groups excluding carboxylic acids is 1. The molecule has 16 heavy (non-hydrogen) atoms. The molecule has 1 rings (SSSR count). The number of anilines is 1. The minimum Gasteiger partial charge on any atom is -0.495 e. The first-order chi connectivity index (χ1) is 7.52. The molecule has 0 radical (unpaired) electrons. The number of hydrogen-bond donors (Lipinski definition) is 2. The second-order valence-electron chi connectivity index (χ2n) is 3.96. The summed E-state index contributed by atoms with van der Waals surface area (Å²) in [4.78, 5) is 11.5. The number of ether oxygens (including phenoxy) is 1. The van der Waals surface area contributed by atoms with E-state index in [1.54, 1.807) is 7.11 Å². The molecule has 0 saturated carbocycles. The number of hydrogen-bond acceptors (Lipinski definition) is 2. The van der Waals surface area contributed by atoms with Crippen LogP contribution in [0.2, 0.25) is 0 Å². The summed E-state index contributed by atoms with van der Waals surface area (Å²) in [6.07, 6.45) is 0. The van der Waals surface area contributed by atoms with Gasteiger partial charge in [0.15, 0.2) is 0 Å². The number of methoxy groups -OCH3 is 1. The van der Waals surface area contributed by atoms with Crippen LogP contribution in [-0.4, -0.2) is 19.2 Å². The third-order valence-corrected chi connectivity index (χ3v) is 2.02. The molecule has 0 fully saturated rings. The van der Waals surface area contributed by atoms with Gasteiger partial charge in [0.25, 0.3) is 0 Å². The van der Waals surface area contributed by atoms with E-state index in [1.165, 1.54) is 0 Å². The lowest BCUT2D eigenvalue weighted by Gasteiger charge is -2.13. The minimum absolute atomic E-state index is 0.107. The summed E-state index contributed by atoms with van der Waals surface area (Å²) in [6.45, 7) is 5.78. The fraction of sp³-hybridized carbons (Fsp3) is 0.417. The average Bonchev–Trinajstić information content (AvgIpc) is 2.16. The van der Waals surface area contributed by atoms with E-state index >= 15 is 0 Å².